The molecule has 0 N–H and O–H groups in total. The van der Waals surface area contributed by atoms with Gasteiger partial charge in [-0.2, -0.15) is 15.3 Å². The Labute approximate surface area is 122 Å². The number of hydrogen-bond donors (Lipinski definition) is 0. The van der Waals surface area contributed by atoms with Gasteiger partial charge in [-0.25, -0.2) is 0 Å². The predicted octanol–water partition coefficient (Wildman–Crippen LogP) is -2.68. The van der Waals surface area contributed by atoms with Crippen LogP contribution in [-0.4, -0.2) is 36.2 Å². The van der Waals surface area contributed by atoms with Crippen molar-refractivity contribution in [3.63, 3.8) is 0 Å². The van der Waals surface area contributed by atoms with Gasteiger partial charge in [0.25, 0.3) is 0 Å². The van der Waals surface area contributed by atoms with Crippen molar-refractivity contribution < 1.29 is 31.0 Å². The molecule has 0 saturated carbocycles. The summed E-state index contributed by atoms with van der Waals surface area (Å²) in [4.78, 5) is 0. The Hall–Kier alpha value is -1.31. The summed E-state index contributed by atoms with van der Waals surface area (Å²) in [6, 6.07) is 5.62. The molecule has 0 amide bonds. The van der Waals surface area contributed by atoms with Crippen molar-refractivity contribution in [1.82, 2.24) is 29.1 Å². The molecule has 3 aromatic heterocycles. The first-order chi connectivity index (χ1) is 7.95. The average Bonchev–Trinajstić information content (AvgIpc) is 3.02. The van der Waals surface area contributed by atoms with E-state index in [1.54, 1.807) is 32.4 Å². The van der Waals surface area contributed by atoms with Crippen LogP contribution in [0.5, 0.6) is 0 Å². The van der Waals surface area contributed by atoms with Gasteiger partial charge in [0.15, 0.2) is 0 Å². The van der Waals surface area contributed by atoms with Crippen LogP contribution in [-0.2, 0) is 0 Å². The fraction of sp³-hybridized carbons (Fsp3) is 0. The molecule has 0 atom stereocenters. The second-order valence-electron chi connectivity index (χ2n) is 3.30. The van der Waals surface area contributed by atoms with Crippen molar-refractivity contribution in [2.75, 3.05) is 0 Å². The SMILES string of the molecule is [H-].[Na+].c1cnn(B(n2cccn2)n2cccn2)c1. The Kier molecular flexibility index (Phi) is 3.83. The maximum Gasteiger partial charge on any atom is 1.00 e. The van der Waals surface area contributed by atoms with E-state index in [4.69, 9.17) is 0 Å². The molecule has 0 aliphatic heterocycles. The van der Waals surface area contributed by atoms with E-state index in [-0.39, 0.29) is 38.1 Å². The van der Waals surface area contributed by atoms with Crippen LogP contribution in [0.25, 0.3) is 0 Å². The van der Waals surface area contributed by atoms with Crippen molar-refractivity contribution in [1.29, 1.82) is 0 Å². The first kappa shape index (κ1) is 12.2. The molecule has 3 heterocycles. The van der Waals surface area contributed by atoms with Crippen LogP contribution in [0.2, 0.25) is 0 Å². The molecule has 0 saturated heterocycles. The van der Waals surface area contributed by atoms with Gasteiger partial charge in [0.2, 0.25) is 0 Å². The summed E-state index contributed by atoms with van der Waals surface area (Å²) >= 11 is 0. The van der Waals surface area contributed by atoms with E-state index in [1.807, 2.05) is 36.8 Å². The summed E-state index contributed by atoms with van der Waals surface area (Å²) in [5.41, 5.74) is 0. The topological polar surface area (TPSA) is 53.5 Å². The number of hydrogen-bond acceptors (Lipinski definition) is 3. The summed E-state index contributed by atoms with van der Waals surface area (Å²) in [5.74, 6) is 0. The van der Waals surface area contributed by atoms with E-state index in [9.17, 15) is 0 Å². The van der Waals surface area contributed by atoms with Gasteiger partial charge < -0.3 is 1.43 Å². The van der Waals surface area contributed by atoms with Crippen LogP contribution in [0.3, 0.4) is 0 Å². The first-order valence-electron chi connectivity index (χ1n) is 4.92. The van der Waals surface area contributed by atoms with Gasteiger partial charge in [-0.3, -0.25) is 13.8 Å². The van der Waals surface area contributed by atoms with E-state index < -0.39 is 0 Å². The molecule has 0 fully saturated rings. The number of aromatic nitrogens is 6. The predicted molar refractivity (Wildman–Crippen MR) is 59.7 cm³/mol. The van der Waals surface area contributed by atoms with Crippen molar-refractivity contribution >= 4 is 7.12 Å². The standard InChI is InChI=1S/C9H9BN6.Na.H/c1-4-11-14(7-1)10(15-8-2-5-12-15)16-9-3-6-13-16;;/h1-9H;;/q;+1;-1. The summed E-state index contributed by atoms with van der Waals surface area (Å²) in [6.45, 7) is 0. The van der Waals surface area contributed by atoms with Crippen molar-refractivity contribution in [2.24, 2.45) is 0 Å². The van der Waals surface area contributed by atoms with Crippen LogP contribution >= 0.6 is 0 Å². The maximum atomic E-state index is 4.22. The molecule has 80 valence electrons. The van der Waals surface area contributed by atoms with Crippen molar-refractivity contribution in [3.8, 4) is 0 Å². The molecule has 0 aliphatic rings. The van der Waals surface area contributed by atoms with Gasteiger partial charge in [0.1, 0.15) is 0 Å². The van der Waals surface area contributed by atoms with Crippen LogP contribution in [0.15, 0.2) is 55.4 Å². The number of rotatable bonds is 3. The van der Waals surface area contributed by atoms with Gasteiger partial charge in [-0.05, 0) is 18.2 Å². The molecule has 6 nitrogen and oxygen atoms in total. The quantitative estimate of drug-likeness (QED) is 0.466. The van der Waals surface area contributed by atoms with E-state index in [0.717, 1.165) is 0 Å². The normalized spacial score (nSPS) is 9.88. The summed E-state index contributed by atoms with van der Waals surface area (Å²) in [7, 11) is -0.194. The van der Waals surface area contributed by atoms with Gasteiger partial charge in [0.05, 0.1) is 0 Å². The van der Waals surface area contributed by atoms with Gasteiger partial charge in [-0.1, -0.05) is 0 Å². The average molecular weight is 236 g/mol. The van der Waals surface area contributed by atoms with Gasteiger partial charge in [0, 0.05) is 37.2 Å². The molecule has 0 spiro atoms. The Morgan fingerprint density at radius 1 is 0.706 bits per heavy atom. The minimum absolute atomic E-state index is 0. The van der Waals surface area contributed by atoms with Crippen LogP contribution in [0.4, 0.5) is 0 Å². The Morgan fingerprint density at radius 3 is 1.29 bits per heavy atom. The fourth-order valence-electron chi connectivity index (χ4n) is 1.62. The zero-order chi connectivity index (χ0) is 10.8. The molecule has 0 unspecified atom stereocenters. The smallest absolute Gasteiger partial charge is 1.00 e. The third-order valence-electron chi connectivity index (χ3n) is 2.28. The minimum Gasteiger partial charge on any atom is -1.00 e. The minimum atomic E-state index is -0.194. The summed E-state index contributed by atoms with van der Waals surface area (Å²) in [6.07, 6.45) is 10.9. The molecule has 3 aromatic rings. The second kappa shape index (κ2) is 5.35. The Morgan fingerprint density at radius 2 is 1.06 bits per heavy atom. The fourth-order valence-corrected chi connectivity index (χ4v) is 1.62. The van der Waals surface area contributed by atoms with Crippen LogP contribution < -0.4 is 29.6 Å². The zero-order valence-electron chi connectivity index (χ0n) is 10.5. The molecular weight excluding hydrogens is 226 g/mol. The molecule has 3 rings (SSSR count). The van der Waals surface area contributed by atoms with Crippen molar-refractivity contribution in [2.45, 2.75) is 0 Å². The molecule has 17 heavy (non-hydrogen) atoms. The molecule has 0 bridgehead atoms. The monoisotopic (exact) mass is 236 g/mol. The maximum absolute atomic E-state index is 4.22. The van der Waals surface area contributed by atoms with E-state index in [2.05, 4.69) is 15.3 Å². The van der Waals surface area contributed by atoms with E-state index >= 15 is 0 Å². The van der Waals surface area contributed by atoms with Crippen LogP contribution in [0.1, 0.15) is 1.43 Å². The third kappa shape index (κ3) is 2.36. The summed E-state index contributed by atoms with van der Waals surface area (Å²) < 4.78 is 5.38. The summed E-state index contributed by atoms with van der Waals surface area (Å²) in [5, 5.41) is 12.7. The van der Waals surface area contributed by atoms with Crippen molar-refractivity contribution in [3.05, 3.63) is 55.4 Å². The zero-order valence-corrected chi connectivity index (χ0v) is 11.5. The molecular formula is C9H10BN6Na. The number of nitrogens with zero attached hydrogens (tertiary/aromatic N) is 6. The third-order valence-corrected chi connectivity index (χ3v) is 2.28. The van der Waals surface area contributed by atoms with Gasteiger partial charge >= 0.3 is 36.7 Å². The van der Waals surface area contributed by atoms with E-state index in [0.29, 0.717) is 0 Å². The molecule has 0 aliphatic carbocycles. The molecule has 8 heteroatoms. The van der Waals surface area contributed by atoms with Crippen LogP contribution in [0, 0.1) is 0 Å². The Bertz CT molecular complexity index is 456. The molecule has 0 radical (unpaired) electrons. The van der Waals surface area contributed by atoms with Gasteiger partial charge in [-0.15, -0.1) is 0 Å². The Balaban J connectivity index is 0.000000810. The largest absolute Gasteiger partial charge is 1.00 e. The van der Waals surface area contributed by atoms with E-state index in [1.165, 1.54) is 0 Å². The first-order valence-corrected chi connectivity index (χ1v) is 4.92. The second-order valence-corrected chi connectivity index (χ2v) is 3.30. The molecule has 0 aromatic carbocycles.